The van der Waals surface area contributed by atoms with E-state index in [4.69, 9.17) is 18.9 Å². The first kappa shape index (κ1) is 22.9. The maximum absolute atomic E-state index is 12.4. The third kappa shape index (κ3) is 5.56. The summed E-state index contributed by atoms with van der Waals surface area (Å²) in [4.78, 5) is 24.7. The van der Waals surface area contributed by atoms with Gasteiger partial charge >= 0.3 is 0 Å². The monoisotopic (exact) mass is 416 g/mol. The van der Waals surface area contributed by atoms with E-state index in [1.54, 1.807) is 6.92 Å². The van der Waals surface area contributed by atoms with E-state index in [9.17, 15) is 9.59 Å². The number of hydrogen-bond acceptors (Lipinski definition) is 6. The van der Waals surface area contributed by atoms with Crippen molar-refractivity contribution in [3.05, 3.63) is 47.5 Å². The predicted octanol–water partition coefficient (Wildman–Crippen LogP) is 3.06. The summed E-state index contributed by atoms with van der Waals surface area (Å²) in [6.07, 6.45) is -0.810. The molecule has 8 heteroatoms. The van der Waals surface area contributed by atoms with Crippen LogP contribution in [0.25, 0.3) is 0 Å². The zero-order valence-electron chi connectivity index (χ0n) is 18.1. The summed E-state index contributed by atoms with van der Waals surface area (Å²) in [7, 11) is 4.37. The van der Waals surface area contributed by atoms with Crippen LogP contribution in [-0.4, -0.2) is 39.2 Å². The second-order valence-electron chi connectivity index (χ2n) is 6.84. The molecule has 0 fully saturated rings. The van der Waals surface area contributed by atoms with Gasteiger partial charge in [-0.3, -0.25) is 20.4 Å². The molecule has 0 saturated heterocycles. The molecule has 0 spiro atoms. The minimum atomic E-state index is -0.810. The molecule has 2 N–H and O–H groups in total. The minimum Gasteiger partial charge on any atom is -0.493 e. The molecule has 0 aliphatic rings. The van der Waals surface area contributed by atoms with Gasteiger partial charge < -0.3 is 18.9 Å². The molecule has 2 aromatic rings. The average Bonchev–Trinajstić information content (AvgIpc) is 2.76. The van der Waals surface area contributed by atoms with Crippen molar-refractivity contribution in [1.29, 1.82) is 0 Å². The van der Waals surface area contributed by atoms with Crippen LogP contribution in [0, 0.1) is 0 Å². The van der Waals surface area contributed by atoms with Gasteiger partial charge in [-0.25, -0.2) is 0 Å². The lowest BCUT2D eigenvalue weighted by molar-refractivity contribution is -0.128. The Hall–Kier alpha value is -3.42. The van der Waals surface area contributed by atoms with E-state index in [1.807, 2.05) is 24.3 Å². The molecule has 0 saturated carbocycles. The lowest BCUT2D eigenvalue weighted by Gasteiger charge is -2.17. The van der Waals surface area contributed by atoms with Crippen molar-refractivity contribution in [2.24, 2.45) is 0 Å². The summed E-state index contributed by atoms with van der Waals surface area (Å²) >= 11 is 0. The highest BCUT2D eigenvalue weighted by molar-refractivity contribution is 5.97. The molecule has 0 aliphatic heterocycles. The van der Waals surface area contributed by atoms with E-state index in [2.05, 4.69) is 24.7 Å². The molecule has 1 unspecified atom stereocenters. The Kier molecular flexibility index (Phi) is 7.91. The van der Waals surface area contributed by atoms with Gasteiger partial charge in [-0.15, -0.1) is 0 Å². The molecule has 2 aromatic carbocycles. The first-order chi connectivity index (χ1) is 14.3. The molecule has 0 heterocycles. The van der Waals surface area contributed by atoms with Crippen molar-refractivity contribution in [2.45, 2.75) is 32.8 Å². The molecule has 0 aromatic heterocycles. The summed E-state index contributed by atoms with van der Waals surface area (Å²) in [5, 5.41) is 0. The van der Waals surface area contributed by atoms with Crippen LogP contribution in [0.2, 0.25) is 0 Å². The fourth-order valence-corrected chi connectivity index (χ4v) is 2.69. The Morgan fingerprint density at radius 3 is 1.87 bits per heavy atom. The summed E-state index contributed by atoms with van der Waals surface area (Å²) in [6.45, 7) is 5.79. The van der Waals surface area contributed by atoms with Gasteiger partial charge in [0.2, 0.25) is 5.75 Å². The number of amides is 2. The lowest BCUT2D eigenvalue weighted by Crippen LogP contribution is -2.47. The third-order valence-corrected chi connectivity index (χ3v) is 4.45. The van der Waals surface area contributed by atoms with Gasteiger partial charge in [-0.1, -0.05) is 26.0 Å². The maximum atomic E-state index is 12.4. The number of hydrazine groups is 1. The van der Waals surface area contributed by atoms with E-state index in [1.165, 1.54) is 39.0 Å². The molecule has 0 radical (unpaired) electrons. The summed E-state index contributed by atoms with van der Waals surface area (Å²) < 4.78 is 21.3. The smallest absolute Gasteiger partial charge is 0.279 e. The average molecular weight is 416 g/mol. The highest BCUT2D eigenvalue weighted by Gasteiger charge is 2.19. The van der Waals surface area contributed by atoms with Crippen molar-refractivity contribution in [2.75, 3.05) is 21.3 Å². The quantitative estimate of drug-likeness (QED) is 0.642. The van der Waals surface area contributed by atoms with E-state index in [-0.39, 0.29) is 5.56 Å². The van der Waals surface area contributed by atoms with E-state index < -0.39 is 17.9 Å². The van der Waals surface area contributed by atoms with Crippen LogP contribution in [0.3, 0.4) is 0 Å². The Bertz CT molecular complexity index is 855. The molecule has 0 aliphatic carbocycles. The summed E-state index contributed by atoms with van der Waals surface area (Å²) in [6, 6.07) is 10.5. The minimum absolute atomic E-state index is 0.225. The molecular weight excluding hydrogens is 388 g/mol. The number of carbonyl (C=O) groups is 2. The summed E-state index contributed by atoms with van der Waals surface area (Å²) in [5.41, 5.74) is 6.12. The molecule has 162 valence electrons. The Labute approximate surface area is 176 Å². The van der Waals surface area contributed by atoms with Crippen molar-refractivity contribution >= 4 is 11.8 Å². The molecule has 2 rings (SSSR count). The van der Waals surface area contributed by atoms with Crippen molar-refractivity contribution in [3.63, 3.8) is 0 Å². The number of nitrogens with one attached hydrogen (secondary N) is 2. The van der Waals surface area contributed by atoms with Crippen LogP contribution in [0.5, 0.6) is 23.0 Å². The van der Waals surface area contributed by atoms with Crippen LogP contribution in [-0.2, 0) is 4.79 Å². The lowest BCUT2D eigenvalue weighted by atomic mass is 10.0. The molecule has 1 atom stereocenters. The standard InChI is InChI=1S/C22H28N2O6/c1-13(2)15-7-9-17(10-8-15)30-14(3)21(25)23-24-22(26)16-11-18(27-4)20(29-6)19(12-16)28-5/h7-14H,1-6H3,(H,23,25)(H,24,26). The fraction of sp³-hybridized carbons (Fsp3) is 0.364. The van der Waals surface area contributed by atoms with Gasteiger partial charge in [0, 0.05) is 5.56 Å². The van der Waals surface area contributed by atoms with Gasteiger partial charge in [0.25, 0.3) is 11.8 Å². The fourth-order valence-electron chi connectivity index (χ4n) is 2.69. The number of rotatable bonds is 8. The Morgan fingerprint density at radius 1 is 0.833 bits per heavy atom. The summed E-state index contributed by atoms with van der Waals surface area (Å²) in [5.74, 6) is 0.957. The molecule has 0 bridgehead atoms. The van der Waals surface area contributed by atoms with Gasteiger partial charge in [0.05, 0.1) is 21.3 Å². The number of benzene rings is 2. The van der Waals surface area contributed by atoms with Crippen LogP contribution < -0.4 is 29.8 Å². The molecule has 2 amide bonds. The largest absolute Gasteiger partial charge is 0.493 e. The van der Waals surface area contributed by atoms with Crippen LogP contribution >= 0.6 is 0 Å². The molecule has 8 nitrogen and oxygen atoms in total. The Morgan fingerprint density at radius 2 is 1.40 bits per heavy atom. The van der Waals surface area contributed by atoms with Crippen molar-refractivity contribution < 1.29 is 28.5 Å². The molecular formula is C22H28N2O6. The zero-order valence-corrected chi connectivity index (χ0v) is 18.1. The second kappa shape index (κ2) is 10.4. The normalized spacial score (nSPS) is 11.4. The van der Waals surface area contributed by atoms with Gasteiger partial charge in [-0.2, -0.15) is 0 Å². The molecule has 30 heavy (non-hydrogen) atoms. The van der Waals surface area contributed by atoms with Crippen LogP contribution in [0.4, 0.5) is 0 Å². The Balaban J connectivity index is 1.99. The topological polar surface area (TPSA) is 95.1 Å². The van der Waals surface area contributed by atoms with Crippen molar-refractivity contribution in [1.82, 2.24) is 10.9 Å². The highest BCUT2D eigenvalue weighted by Crippen LogP contribution is 2.38. The van der Waals surface area contributed by atoms with Gasteiger partial charge in [-0.05, 0) is 42.7 Å². The van der Waals surface area contributed by atoms with Gasteiger partial charge in [0.15, 0.2) is 17.6 Å². The third-order valence-electron chi connectivity index (χ3n) is 4.45. The number of hydrogen-bond donors (Lipinski definition) is 2. The SMILES string of the molecule is COc1cc(C(=O)NNC(=O)C(C)Oc2ccc(C(C)C)cc2)cc(OC)c1OC. The van der Waals surface area contributed by atoms with E-state index >= 15 is 0 Å². The van der Waals surface area contributed by atoms with Gasteiger partial charge in [0.1, 0.15) is 5.75 Å². The number of carbonyl (C=O) groups excluding carboxylic acids is 2. The van der Waals surface area contributed by atoms with E-state index in [0.29, 0.717) is 28.9 Å². The van der Waals surface area contributed by atoms with Crippen molar-refractivity contribution in [3.8, 4) is 23.0 Å². The number of methoxy groups -OCH3 is 3. The first-order valence-corrected chi connectivity index (χ1v) is 9.47. The zero-order chi connectivity index (χ0) is 22.3. The highest BCUT2D eigenvalue weighted by atomic mass is 16.5. The predicted molar refractivity (Wildman–Crippen MR) is 112 cm³/mol. The van der Waals surface area contributed by atoms with E-state index in [0.717, 1.165) is 0 Å². The second-order valence-corrected chi connectivity index (χ2v) is 6.84. The van der Waals surface area contributed by atoms with Crippen LogP contribution in [0.1, 0.15) is 42.6 Å². The first-order valence-electron chi connectivity index (χ1n) is 9.47. The maximum Gasteiger partial charge on any atom is 0.279 e. The number of ether oxygens (including phenoxy) is 4. The van der Waals surface area contributed by atoms with Crippen LogP contribution in [0.15, 0.2) is 36.4 Å².